The lowest BCUT2D eigenvalue weighted by Crippen LogP contribution is -2.38. The molecule has 238 valence electrons. The summed E-state index contributed by atoms with van der Waals surface area (Å²) in [6.07, 6.45) is 0.569. The van der Waals surface area contributed by atoms with Crippen LogP contribution in [0.25, 0.3) is 11.1 Å². The minimum absolute atomic E-state index is 0.0129. The maximum absolute atomic E-state index is 13.6. The molecule has 3 aromatic carbocycles. The zero-order valence-corrected chi connectivity index (χ0v) is 25.9. The molecule has 0 aliphatic carbocycles. The lowest BCUT2D eigenvalue weighted by atomic mass is 9.95. The molecule has 11 heteroatoms. The summed E-state index contributed by atoms with van der Waals surface area (Å²) in [4.78, 5) is 44.9. The Bertz CT molecular complexity index is 1710. The van der Waals surface area contributed by atoms with Crippen molar-refractivity contribution in [2.24, 2.45) is 11.7 Å². The summed E-state index contributed by atoms with van der Waals surface area (Å²) < 4.78 is 10.9. The van der Waals surface area contributed by atoms with E-state index in [0.29, 0.717) is 28.8 Å². The van der Waals surface area contributed by atoms with Gasteiger partial charge in [-0.3, -0.25) is 15.0 Å². The fraction of sp³-hybridized carbons (Fsp3) is 0.229. The molecule has 6 N–H and O–H groups in total. The standard InChI is InChI=1S/C35H37N5O6/c1-21(2)17-26(19-41)39-33(42)24-11-14-27(29(18-24)35(44)46-20-22-7-5-4-6-8-22)28-15-16-30(45-3)40-31(28)34(43)38-25-12-9-23(10-13-25)32(36)37/h4-16,18,21,26,41H,17,19-20H2,1-3H3,(H3,36,37)(H,38,43)(H,39,42). The van der Waals surface area contributed by atoms with E-state index in [1.165, 1.54) is 19.2 Å². The van der Waals surface area contributed by atoms with Crippen LogP contribution in [-0.4, -0.2) is 53.5 Å². The molecule has 1 aromatic heterocycles. The van der Waals surface area contributed by atoms with Crippen molar-refractivity contribution in [2.45, 2.75) is 32.9 Å². The van der Waals surface area contributed by atoms with Gasteiger partial charge in [0.15, 0.2) is 0 Å². The highest BCUT2D eigenvalue weighted by atomic mass is 16.5. The highest BCUT2D eigenvalue weighted by Gasteiger charge is 2.24. The zero-order valence-electron chi connectivity index (χ0n) is 25.9. The van der Waals surface area contributed by atoms with E-state index in [0.717, 1.165) is 5.56 Å². The minimum Gasteiger partial charge on any atom is -0.481 e. The number of hydrogen-bond donors (Lipinski definition) is 5. The first-order chi connectivity index (χ1) is 22.1. The topological polar surface area (TPSA) is 177 Å². The molecular formula is C35H37N5O6. The molecule has 4 aromatic rings. The number of aliphatic hydroxyl groups excluding tert-OH is 1. The van der Waals surface area contributed by atoms with Gasteiger partial charge in [0.05, 0.1) is 25.3 Å². The molecule has 0 spiro atoms. The van der Waals surface area contributed by atoms with Gasteiger partial charge in [0.2, 0.25) is 5.88 Å². The van der Waals surface area contributed by atoms with Gasteiger partial charge in [-0.2, -0.15) is 0 Å². The van der Waals surface area contributed by atoms with E-state index in [-0.39, 0.29) is 47.7 Å². The zero-order chi connectivity index (χ0) is 33.2. The second kappa shape index (κ2) is 15.4. The first-order valence-electron chi connectivity index (χ1n) is 14.7. The summed E-state index contributed by atoms with van der Waals surface area (Å²) in [5.41, 5.74) is 8.02. The first kappa shape index (κ1) is 33.3. The number of aromatic nitrogens is 1. The fourth-order valence-electron chi connectivity index (χ4n) is 4.78. The van der Waals surface area contributed by atoms with E-state index < -0.39 is 23.8 Å². The van der Waals surface area contributed by atoms with Crippen LogP contribution in [0.5, 0.6) is 5.88 Å². The number of pyridine rings is 1. The van der Waals surface area contributed by atoms with Gasteiger partial charge >= 0.3 is 5.97 Å². The molecule has 0 fully saturated rings. The Morgan fingerprint density at radius 2 is 1.59 bits per heavy atom. The van der Waals surface area contributed by atoms with Crippen molar-refractivity contribution in [1.82, 2.24) is 10.3 Å². The molecule has 0 aliphatic rings. The summed E-state index contributed by atoms with van der Waals surface area (Å²) >= 11 is 0. The van der Waals surface area contributed by atoms with Gasteiger partial charge < -0.3 is 30.9 Å². The average molecular weight is 624 g/mol. The molecule has 2 amide bonds. The summed E-state index contributed by atoms with van der Waals surface area (Å²) in [6, 6.07) is 22.8. The van der Waals surface area contributed by atoms with Gasteiger partial charge in [0.1, 0.15) is 18.1 Å². The fourth-order valence-corrected chi connectivity index (χ4v) is 4.78. The predicted molar refractivity (Wildman–Crippen MR) is 175 cm³/mol. The van der Waals surface area contributed by atoms with Crippen molar-refractivity contribution in [2.75, 3.05) is 19.0 Å². The van der Waals surface area contributed by atoms with Crippen molar-refractivity contribution in [3.63, 3.8) is 0 Å². The Kier molecular flexibility index (Phi) is 11.2. The predicted octanol–water partition coefficient (Wildman–Crippen LogP) is 4.79. The highest BCUT2D eigenvalue weighted by molar-refractivity contribution is 6.10. The molecule has 1 atom stereocenters. The van der Waals surface area contributed by atoms with Crippen LogP contribution < -0.4 is 21.1 Å². The third-order valence-corrected chi connectivity index (χ3v) is 7.06. The van der Waals surface area contributed by atoms with Gasteiger partial charge in [-0.25, -0.2) is 9.78 Å². The van der Waals surface area contributed by atoms with Crippen molar-refractivity contribution >= 4 is 29.3 Å². The number of anilines is 1. The molecule has 0 aliphatic heterocycles. The van der Waals surface area contributed by atoms with Crippen LogP contribution in [0.4, 0.5) is 5.69 Å². The number of nitrogens with two attached hydrogens (primary N) is 1. The highest BCUT2D eigenvalue weighted by Crippen LogP contribution is 2.31. The second-order valence-corrected chi connectivity index (χ2v) is 11.0. The molecular weight excluding hydrogens is 586 g/mol. The van der Waals surface area contributed by atoms with Gasteiger partial charge in [0, 0.05) is 28.4 Å². The van der Waals surface area contributed by atoms with Crippen molar-refractivity contribution < 1.29 is 29.0 Å². The number of nitrogens with one attached hydrogen (secondary N) is 3. The van der Waals surface area contributed by atoms with Crippen molar-refractivity contribution in [3.8, 4) is 17.0 Å². The van der Waals surface area contributed by atoms with Crippen molar-refractivity contribution in [3.05, 3.63) is 113 Å². The number of nitrogen functional groups attached to an aromatic ring is 1. The Hall–Kier alpha value is -5.55. The lowest BCUT2D eigenvalue weighted by molar-refractivity contribution is 0.0473. The summed E-state index contributed by atoms with van der Waals surface area (Å²) in [6.45, 7) is 3.73. The number of amidine groups is 1. The molecule has 0 saturated heterocycles. The normalized spacial score (nSPS) is 11.4. The number of methoxy groups -OCH3 is 1. The molecule has 0 bridgehead atoms. The maximum atomic E-state index is 13.6. The number of carbonyl (C=O) groups is 3. The number of benzene rings is 3. The third kappa shape index (κ3) is 8.54. The van der Waals surface area contributed by atoms with Crippen LogP contribution in [0.15, 0.2) is 84.9 Å². The quantitative estimate of drug-likeness (QED) is 0.0802. The molecule has 46 heavy (non-hydrogen) atoms. The van der Waals surface area contributed by atoms with Gasteiger partial charge in [-0.15, -0.1) is 0 Å². The van der Waals surface area contributed by atoms with Crippen LogP contribution >= 0.6 is 0 Å². The smallest absolute Gasteiger partial charge is 0.339 e. The summed E-state index contributed by atoms with van der Waals surface area (Å²) in [5.74, 6) is -1.47. The van der Waals surface area contributed by atoms with E-state index in [1.807, 2.05) is 44.2 Å². The van der Waals surface area contributed by atoms with E-state index >= 15 is 0 Å². The Balaban J connectivity index is 1.74. The maximum Gasteiger partial charge on any atom is 0.339 e. The molecule has 4 rings (SSSR count). The van der Waals surface area contributed by atoms with E-state index in [9.17, 15) is 19.5 Å². The van der Waals surface area contributed by atoms with Gasteiger partial charge in [-0.05, 0) is 65.9 Å². The number of hydrogen-bond acceptors (Lipinski definition) is 8. The number of aliphatic hydroxyl groups is 1. The Labute approximate surface area is 267 Å². The van der Waals surface area contributed by atoms with Crippen LogP contribution in [-0.2, 0) is 11.3 Å². The minimum atomic E-state index is -0.712. The molecule has 11 nitrogen and oxygen atoms in total. The lowest BCUT2D eigenvalue weighted by Gasteiger charge is -2.19. The molecule has 0 saturated carbocycles. The number of esters is 1. The van der Waals surface area contributed by atoms with Crippen LogP contribution in [0, 0.1) is 11.3 Å². The van der Waals surface area contributed by atoms with Gasteiger partial charge in [-0.1, -0.05) is 50.2 Å². The SMILES string of the molecule is COc1ccc(-c2ccc(C(=O)NC(CO)CC(C)C)cc2C(=O)OCc2ccccc2)c(C(=O)Nc2ccc(C(=N)N)cc2)n1. The van der Waals surface area contributed by atoms with E-state index in [4.69, 9.17) is 20.6 Å². The number of amides is 2. The number of rotatable bonds is 13. The van der Waals surface area contributed by atoms with E-state index in [1.54, 1.807) is 42.5 Å². The summed E-state index contributed by atoms with van der Waals surface area (Å²) in [5, 5.41) is 23.0. The van der Waals surface area contributed by atoms with Crippen LogP contribution in [0.2, 0.25) is 0 Å². The Morgan fingerprint density at radius 3 is 2.22 bits per heavy atom. The van der Waals surface area contributed by atoms with Crippen molar-refractivity contribution in [1.29, 1.82) is 5.41 Å². The first-order valence-corrected chi connectivity index (χ1v) is 14.7. The number of ether oxygens (including phenoxy) is 2. The largest absolute Gasteiger partial charge is 0.481 e. The van der Waals surface area contributed by atoms with E-state index in [2.05, 4.69) is 15.6 Å². The van der Waals surface area contributed by atoms with Crippen LogP contribution in [0.3, 0.4) is 0 Å². The Morgan fingerprint density at radius 1 is 0.913 bits per heavy atom. The van der Waals surface area contributed by atoms with Crippen LogP contribution in [0.1, 0.15) is 62.6 Å². The monoisotopic (exact) mass is 623 g/mol. The van der Waals surface area contributed by atoms with Gasteiger partial charge in [0.25, 0.3) is 11.8 Å². The molecule has 1 unspecified atom stereocenters. The third-order valence-electron chi connectivity index (χ3n) is 7.06. The molecule has 1 heterocycles. The second-order valence-electron chi connectivity index (χ2n) is 11.0. The molecule has 0 radical (unpaired) electrons. The average Bonchev–Trinajstić information content (AvgIpc) is 3.06. The summed E-state index contributed by atoms with van der Waals surface area (Å²) in [7, 11) is 1.42. The number of carbonyl (C=O) groups excluding carboxylic acids is 3. The number of nitrogens with zero attached hydrogens (tertiary/aromatic N) is 1.